The molecule has 7 heteroatoms. The first kappa shape index (κ1) is 20.9. The topological polar surface area (TPSA) is 113 Å². The van der Waals surface area contributed by atoms with Crippen LogP contribution in [0, 0.1) is 5.92 Å². The maximum absolute atomic E-state index is 12.9. The standard InChI is InChI=1S/C20H29N3O4/c1-13(2)11-16(19(25)23-10-6-9-17(23)20(26)27)22-18(24)15(21)12-14-7-4-3-5-8-14/h3-5,7-8,13,15-17H,6,9-12,21H2,1-2H3,(H,22,24)(H,26,27)/t15-,16-,17-/m0/s1. The smallest absolute Gasteiger partial charge is 0.326 e. The minimum absolute atomic E-state index is 0.162. The number of aliphatic carboxylic acids is 1. The third-order valence-corrected chi connectivity index (χ3v) is 4.78. The first-order chi connectivity index (χ1) is 12.8. The lowest BCUT2D eigenvalue weighted by Gasteiger charge is -2.29. The second-order valence-electron chi connectivity index (χ2n) is 7.51. The lowest BCUT2D eigenvalue weighted by molar-refractivity contribution is -0.149. The van der Waals surface area contributed by atoms with Gasteiger partial charge in [0, 0.05) is 6.54 Å². The molecule has 0 aliphatic carbocycles. The highest BCUT2D eigenvalue weighted by atomic mass is 16.4. The molecule has 1 fully saturated rings. The van der Waals surface area contributed by atoms with Gasteiger partial charge in [-0.05, 0) is 37.2 Å². The van der Waals surface area contributed by atoms with E-state index in [1.807, 2.05) is 44.2 Å². The first-order valence-corrected chi connectivity index (χ1v) is 9.42. The van der Waals surface area contributed by atoms with Crippen molar-refractivity contribution in [3.63, 3.8) is 0 Å². The zero-order chi connectivity index (χ0) is 20.0. The Morgan fingerprint density at radius 2 is 1.93 bits per heavy atom. The maximum Gasteiger partial charge on any atom is 0.326 e. The third-order valence-electron chi connectivity index (χ3n) is 4.78. The van der Waals surface area contributed by atoms with Gasteiger partial charge in [0.2, 0.25) is 11.8 Å². The lowest BCUT2D eigenvalue weighted by atomic mass is 10.0. The van der Waals surface area contributed by atoms with Crippen molar-refractivity contribution in [2.24, 2.45) is 11.7 Å². The third kappa shape index (κ3) is 5.79. The lowest BCUT2D eigenvalue weighted by Crippen LogP contribution is -2.55. The number of benzene rings is 1. The highest BCUT2D eigenvalue weighted by Crippen LogP contribution is 2.20. The number of carboxylic acid groups (broad SMARTS) is 1. The number of carbonyl (C=O) groups excluding carboxylic acids is 2. The number of amides is 2. The Balaban J connectivity index is 2.05. The number of hydrogen-bond acceptors (Lipinski definition) is 4. The fourth-order valence-corrected chi connectivity index (χ4v) is 3.42. The Morgan fingerprint density at radius 1 is 1.26 bits per heavy atom. The van der Waals surface area contributed by atoms with Crippen molar-refractivity contribution in [3.8, 4) is 0 Å². The summed E-state index contributed by atoms with van der Waals surface area (Å²) in [6, 6.07) is 7.08. The molecule has 2 rings (SSSR count). The van der Waals surface area contributed by atoms with E-state index < -0.39 is 30.0 Å². The fraction of sp³-hybridized carbons (Fsp3) is 0.550. The highest BCUT2D eigenvalue weighted by molar-refractivity contribution is 5.92. The number of carbonyl (C=O) groups is 3. The second-order valence-corrected chi connectivity index (χ2v) is 7.51. The van der Waals surface area contributed by atoms with Gasteiger partial charge in [-0.1, -0.05) is 44.2 Å². The van der Waals surface area contributed by atoms with Crippen LogP contribution in [0.25, 0.3) is 0 Å². The summed E-state index contributed by atoms with van der Waals surface area (Å²) < 4.78 is 0. The second kappa shape index (κ2) is 9.50. The van der Waals surface area contributed by atoms with E-state index in [2.05, 4.69) is 5.32 Å². The van der Waals surface area contributed by atoms with Crippen LogP contribution in [0.4, 0.5) is 0 Å². The number of rotatable bonds is 8. The van der Waals surface area contributed by atoms with E-state index in [9.17, 15) is 19.5 Å². The minimum atomic E-state index is -1.00. The van der Waals surface area contributed by atoms with Crippen LogP contribution < -0.4 is 11.1 Å². The molecule has 4 N–H and O–H groups in total. The van der Waals surface area contributed by atoms with Gasteiger partial charge in [-0.15, -0.1) is 0 Å². The van der Waals surface area contributed by atoms with E-state index >= 15 is 0 Å². The highest BCUT2D eigenvalue weighted by Gasteiger charge is 2.38. The number of nitrogens with two attached hydrogens (primary N) is 1. The molecule has 0 aromatic heterocycles. The van der Waals surface area contributed by atoms with Gasteiger partial charge in [-0.25, -0.2) is 4.79 Å². The van der Waals surface area contributed by atoms with E-state index in [0.29, 0.717) is 32.2 Å². The molecular formula is C20H29N3O4. The van der Waals surface area contributed by atoms with Crippen LogP contribution in [0.3, 0.4) is 0 Å². The molecule has 1 aliphatic heterocycles. The van der Waals surface area contributed by atoms with Gasteiger partial charge >= 0.3 is 5.97 Å². The molecule has 148 valence electrons. The molecule has 3 atom stereocenters. The normalized spacial score (nSPS) is 19.0. The molecule has 1 aromatic carbocycles. The Hall–Kier alpha value is -2.41. The average molecular weight is 375 g/mol. The Bertz CT molecular complexity index is 662. The molecule has 7 nitrogen and oxygen atoms in total. The van der Waals surface area contributed by atoms with Crippen molar-refractivity contribution >= 4 is 17.8 Å². The SMILES string of the molecule is CC(C)C[C@H](NC(=O)[C@@H](N)Cc1ccccc1)C(=O)N1CCC[C@H]1C(=O)O. The summed E-state index contributed by atoms with van der Waals surface area (Å²) in [6.07, 6.45) is 1.90. The van der Waals surface area contributed by atoms with Gasteiger partial charge in [-0.3, -0.25) is 9.59 Å². The number of nitrogens with zero attached hydrogens (tertiary/aromatic N) is 1. The number of nitrogens with one attached hydrogen (secondary N) is 1. The zero-order valence-corrected chi connectivity index (χ0v) is 15.9. The first-order valence-electron chi connectivity index (χ1n) is 9.42. The number of carboxylic acids is 1. The van der Waals surface area contributed by atoms with Crippen LogP contribution in [-0.2, 0) is 20.8 Å². The Morgan fingerprint density at radius 3 is 2.52 bits per heavy atom. The molecule has 0 bridgehead atoms. The minimum Gasteiger partial charge on any atom is -0.480 e. The quantitative estimate of drug-likeness (QED) is 0.631. The van der Waals surface area contributed by atoms with Crippen molar-refractivity contribution in [1.29, 1.82) is 0 Å². The van der Waals surface area contributed by atoms with E-state index in [-0.39, 0.29) is 11.8 Å². The van der Waals surface area contributed by atoms with Crippen molar-refractivity contribution in [1.82, 2.24) is 10.2 Å². The predicted molar refractivity (Wildman–Crippen MR) is 102 cm³/mol. The zero-order valence-electron chi connectivity index (χ0n) is 15.9. The van der Waals surface area contributed by atoms with E-state index in [1.165, 1.54) is 4.90 Å². The Labute approximate surface area is 159 Å². The molecule has 0 spiro atoms. The van der Waals surface area contributed by atoms with Crippen LogP contribution in [0.5, 0.6) is 0 Å². The van der Waals surface area contributed by atoms with Crippen LogP contribution in [0.1, 0.15) is 38.7 Å². The van der Waals surface area contributed by atoms with Crippen LogP contribution >= 0.6 is 0 Å². The van der Waals surface area contributed by atoms with E-state index in [0.717, 1.165) is 5.56 Å². The van der Waals surface area contributed by atoms with E-state index in [4.69, 9.17) is 5.73 Å². The molecule has 2 amide bonds. The number of likely N-dealkylation sites (tertiary alicyclic amines) is 1. The fourth-order valence-electron chi connectivity index (χ4n) is 3.42. The molecule has 1 heterocycles. The largest absolute Gasteiger partial charge is 0.480 e. The van der Waals surface area contributed by atoms with Gasteiger partial charge < -0.3 is 21.1 Å². The van der Waals surface area contributed by atoms with Gasteiger partial charge in [0.25, 0.3) is 0 Å². The van der Waals surface area contributed by atoms with Crippen LogP contribution in [0.15, 0.2) is 30.3 Å². The summed E-state index contributed by atoms with van der Waals surface area (Å²) in [5.41, 5.74) is 6.97. The Kier molecular flexibility index (Phi) is 7.36. The molecule has 1 aliphatic rings. The molecular weight excluding hydrogens is 346 g/mol. The molecule has 0 unspecified atom stereocenters. The summed E-state index contributed by atoms with van der Waals surface area (Å²) in [6.45, 7) is 4.31. The summed E-state index contributed by atoms with van der Waals surface area (Å²) >= 11 is 0. The summed E-state index contributed by atoms with van der Waals surface area (Å²) in [4.78, 5) is 38.2. The summed E-state index contributed by atoms with van der Waals surface area (Å²) in [7, 11) is 0. The molecule has 27 heavy (non-hydrogen) atoms. The van der Waals surface area contributed by atoms with Crippen molar-refractivity contribution in [2.75, 3.05) is 6.54 Å². The van der Waals surface area contributed by atoms with Crippen LogP contribution in [0.2, 0.25) is 0 Å². The average Bonchev–Trinajstić information content (AvgIpc) is 3.11. The maximum atomic E-state index is 12.9. The predicted octanol–water partition coefficient (Wildman–Crippen LogP) is 1.16. The molecule has 0 saturated carbocycles. The molecule has 1 aromatic rings. The molecule has 0 radical (unpaired) electrons. The number of hydrogen-bond donors (Lipinski definition) is 3. The molecule has 1 saturated heterocycles. The monoisotopic (exact) mass is 375 g/mol. The van der Waals surface area contributed by atoms with Gasteiger partial charge in [0.1, 0.15) is 12.1 Å². The van der Waals surface area contributed by atoms with Crippen molar-refractivity contribution < 1.29 is 19.5 Å². The van der Waals surface area contributed by atoms with Crippen LogP contribution in [-0.4, -0.2) is 52.5 Å². The van der Waals surface area contributed by atoms with Gasteiger partial charge in [-0.2, -0.15) is 0 Å². The van der Waals surface area contributed by atoms with E-state index in [1.54, 1.807) is 0 Å². The van der Waals surface area contributed by atoms with Crippen molar-refractivity contribution in [2.45, 2.75) is 57.7 Å². The van der Waals surface area contributed by atoms with Gasteiger partial charge in [0.05, 0.1) is 6.04 Å². The summed E-state index contributed by atoms with van der Waals surface area (Å²) in [5.74, 6) is -1.58. The van der Waals surface area contributed by atoms with Crippen molar-refractivity contribution in [3.05, 3.63) is 35.9 Å². The van der Waals surface area contributed by atoms with Gasteiger partial charge in [0.15, 0.2) is 0 Å². The summed E-state index contributed by atoms with van der Waals surface area (Å²) in [5, 5.41) is 12.1.